The molecule has 4 amide bonds. The highest BCUT2D eigenvalue weighted by molar-refractivity contribution is 5.96. The number of nitrogens with one attached hydrogen (secondary N) is 4. The Morgan fingerprint density at radius 3 is 2.19 bits per heavy atom. The van der Waals surface area contributed by atoms with Gasteiger partial charge in [0.2, 0.25) is 17.7 Å². The number of imidazole rings is 1. The Hall–Kier alpha value is -6.30. The second-order valence-electron chi connectivity index (χ2n) is 17.4. The van der Waals surface area contributed by atoms with Crippen molar-refractivity contribution < 1.29 is 47.8 Å². The number of nitrogens with two attached hydrogens (primary N) is 1. The molecule has 2 aromatic carbocycles. The first-order valence-electron chi connectivity index (χ1n) is 21.0. The highest BCUT2D eigenvalue weighted by atomic mass is 16.6. The van der Waals surface area contributed by atoms with E-state index in [9.17, 15) is 33.6 Å². The second-order valence-corrected chi connectivity index (χ2v) is 17.4. The van der Waals surface area contributed by atoms with Gasteiger partial charge in [0.15, 0.2) is 0 Å². The van der Waals surface area contributed by atoms with Gasteiger partial charge in [-0.1, -0.05) is 30.3 Å². The van der Waals surface area contributed by atoms with Crippen LogP contribution in [0.15, 0.2) is 60.9 Å². The number of hydrogen-bond donors (Lipinski definition) is 5. The maximum atomic E-state index is 14.1. The number of ether oxygens (including phenoxy) is 3. The Balaban J connectivity index is 1.47. The van der Waals surface area contributed by atoms with Crippen molar-refractivity contribution in [2.75, 3.05) is 25.5 Å². The van der Waals surface area contributed by atoms with Gasteiger partial charge >= 0.3 is 17.9 Å². The summed E-state index contributed by atoms with van der Waals surface area (Å²) in [6.45, 7) is 11.1. The minimum Gasteiger partial charge on any atom is -0.469 e. The number of rotatable bonds is 20. The number of benzene rings is 2. The fraction of sp³-hybridized carbons (Fsp3) is 0.511. The lowest BCUT2D eigenvalue weighted by atomic mass is 10.1. The molecular formula is C45H62N8O10. The molecular weight excluding hydrogens is 813 g/mol. The smallest absolute Gasteiger partial charge is 0.308 e. The Kier molecular flexibility index (Phi) is 17.8. The molecule has 63 heavy (non-hydrogen) atoms. The standard InChI is InChI=1S/C45H62N8O10/c1-44(2,3)62-37(54)18-15-32(46)40(57)51-34(17-19-38(55)63-45(4,5)6)41(58)49-20-11-23-52-27-31-24-30(14-16-33(31)50-35(43(52)60)25-39(56)61-7)42(59)53(28-36-47-21-22-48-36)26-29-12-9-8-10-13-29/h8-10,12-14,16,21-22,24,32,34-35,50H,11,15,17-20,23,25-28,46H2,1-7H3,(H,47,48)(H,49,58)(H,51,57)/t32-,34-,35-/m0/s1. The molecule has 1 aliphatic rings. The van der Waals surface area contributed by atoms with Crippen molar-refractivity contribution in [3.8, 4) is 0 Å². The van der Waals surface area contributed by atoms with Gasteiger partial charge < -0.3 is 50.7 Å². The van der Waals surface area contributed by atoms with E-state index in [4.69, 9.17) is 19.9 Å². The van der Waals surface area contributed by atoms with E-state index in [0.29, 0.717) is 29.2 Å². The number of carbonyl (C=O) groups is 7. The molecule has 0 bridgehead atoms. The first kappa shape index (κ1) is 49.4. The average Bonchev–Trinajstić information content (AvgIpc) is 3.69. The molecule has 18 nitrogen and oxygen atoms in total. The molecule has 0 radical (unpaired) electrons. The lowest BCUT2D eigenvalue weighted by molar-refractivity contribution is -0.156. The highest BCUT2D eigenvalue weighted by Crippen LogP contribution is 2.27. The molecule has 0 aliphatic carbocycles. The largest absolute Gasteiger partial charge is 0.469 e. The Labute approximate surface area is 368 Å². The molecule has 6 N–H and O–H groups in total. The minimum absolute atomic E-state index is 0.0352. The van der Waals surface area contributed by atoms with Gasteiger partial charge in [0.1, 0.15) is 29.1 Å². The lowest BCUT2D eigenvalue weighted by Gasteiger charge is -2.25. The van der Waals surface area contributed by atoms with E-state index in [1.165, 1.54) is 7.11 Å². The van der Waals surface area contributed by atoms with Crippen LogP contribution in [0.1, 0.15) is 107 Å². The van der Waals surface area contributed by atoms with Gasteiger partial charge in [0.05, 0.1) is 26.1 Å². The third-order valence-electron chi connectivity index (χ3n) is 9.66. The third-order valence-corrected chi connectivity index (χ3v) is 9.66. The van der Waals surface area contributed by atoms with Crippen LogP contribution in [0.3, 0.4) is 0 Å². The summed E-state index contributed by atoms with van der Waals surface area (Å²) >= 11 is 0. The number of methoxy groups -OCH3 is 1. The van der Waals surface area contributed by atoms with Crippen LogP contribution in [0.25, 0.3) is 0 Å². The quantitative estimate of drug-likeness (QED) is 0.0621. The summed E-state index contributed by atoms with van der Waals surface area (Å²) in [5.41, 5.74) is 7.13. The van der Waals surface area contributed by atoms with Gasteiger partial charge in [-0.2, -0.15) is 0 Å². The summed E-state index contributed by atoms with van der Waals surface area (Å²) in [5, 5.41) is 8.57. The SMILES string of the molecule is COC(=O)C[C@@H]1Nc2ccc(C(=O)N(Cc3ccccc3)Cc3ncc[nH]3)cc2CN(CCCNC(=O)[C@H](CCC(=O)OC(C)(C)C)NC(=O)[C@@H](N)CCC(=O)OC(C)(C)C)C1=O. The lowest BCUT2D eigenvalue weighted by Crippen LogP contribution is -2.52. The van der Waals surface area contributed by atoms with Gasteiger partial charge in [-0.15, -0.1) is 0 Å². The summed E-state index contributed by atoms with van der Waals surface area (Å²) in [5.74, 6) is -3.00. The van der Waals surface area contributed by atoms with Crippen LogP contribution in [0.5, 0.6) is 0 Å². The number of esters is 3. The van der Waals surface area contributed by atoms with Crippen molar-refractivity contribution in [3.63, 3.8) is 0 Å². The zero-order valence-corrected chi connectivity index (χ0v) is 37.3. The molecule has 0 saturated carbocycles. The van der Waals surface area contributed by atoms with E-state index >= 15 is 0 Å². The van der Waals surface area contributed by atoms with Crippen molar-refractivity contribution in [1.29, 1.82) is 0 Å². The number of anilines is 1. The number of aromatic amines is 1. The number of amides is 4. The van der Waals surface area contributed by atoms with E-state index in [-0.39, 0.29) is 76.5 Å². The zero-order chi connectivity index (χ0) is 46.3. The predicted molar refractivity (Wildman–Crippen MR) is 232 cm³/mol. The van der Waals surface area contributed by atoms with E-state index in [1.54, 1.807) is 81.9 Å². The fourth-order valence-corrected chi connectivity index (χ4v) is 6.68. The molecule has 0 spiro atoms. The second kappa shape index (κ2) is 22.7. The molecule has 3 atom stereocenters. The van der Waals surface area contributed by atoms with Crippen LogP contribution < -0.4 is 21.7 Å². The number of carbonyl (C=O) groups excluding carboxylic acids is 7. The van der Waals surface area contributed by atoms with Crippen LogP contribution in [0, 0.1) is 0 Å². The number of fused-ring (bicyclic) bond motifs is 1. The van der Waals surface area contributed by atoms with Crippen molar-refractivity contribution >= 4 is 47.2 Å². The zero-order valence-electron chi connectivity index (χ0n) is 37.3. The number of hydrogen-bond acceptors (Lipinski definition) is 13. The van der Waals surface area contributed by atoms with Gasteiger partial charge in [-0.05, 0) is 90.1 Å². The molecule has 1 aliphatic heterocycles. The average molecular weight is 875 g/mol. The number of H-pyrrole nitrogens is 1. The van der Waals surface area contributed by atoms with Crippen molar-refractivity contribution in [3.05, 3.63) is 83.4 Å². The highest BCUT2D eigenvalue weighted by Gasteiger charge is 2.33. The fourth-order valence-electron chi connectivity index (χ4n) is 6.68. The summed E-state index contributed by atoms with van der Waals surface area (Å²) < 4.78 is 15.6. The van der Waals surface area contributed by atoms with Crippen LogP contribution in [-0.2, 0) is 62.6 Å². The molecule has 3 aromatic rings. The van der Waals surface area contributed by atoms with Gasteiger partial charge in [-0.25, -0.2) is 4.98 Å². The predicted octanol–water partition coefficient (Wildman–Crippen LogP) is 3.50. The number of aromatic nitrogens is 2. The number of nitrogens with zero attached hydrogens (tertiary/aromatic N) is 3. The maximum Gasteiger partial charge on any atom is 0.308 e. The molecule has 1 aromatic heterocycles. The normalized spacial score (nSPS) is 14.8. The molecule has 4 rings (SSSR count). The first-order valence-corrected chi connectivity index (χ1v) is 21.0. The molecule has 0 fully saturated rings. The summed E-state index contributed by atoms with van der Waals surface area (Å²) in [6, 6.07) is 11.4. The Morgan fingerprint density at radius 1 is 0.905 bits per heavy atom. The van der Waals surface area contributed by atoms with E-state index in [2.05, 4.69) is 25.9 Å². The van der Waals surface area contributed by atoms with Crippen molar-refractivity contribution in [1.82, 2.24) is 30.4 Å². The van der Waals surface area contributed by atoms with E-state index in [1.807, 2.05) is 30.3 Å². The molecule has 0 unspecified atom stereocenters. The Morgan fingerprint density at radius 2 is 1.57 bits per heavy atom. The van der Waals surface area contributed by atoms with E-state index in [0.717, 1.165) is 5.56 Å². The van der Waals surface area contributed by atoms with Crippen LogP contribution in [-0.4, -0.2) is 111 Å². The summed E-state index contributed by atoms with van der Waals surface area (Å²) in [6.07, 6.45) is 2.87. The molecule has 342 valence electrons. The summed E-state index contributed by atoms with van der Waals surface area (Å²) in [4.78, 5) is 103. The monoisotopic (exact) mass is 874 g/mol. The van der Waals surface area contributed by atoms with Crippen LogP contribution in [0.4, 0.5) is 5.69 Å². The summed E-state index contributed by atoms with van der Waals surface area (Å²) in [7, 11) is 1.24. The van der Waals surface area contributed by atoms with Crippen LogP contribution >= 0.6 is 0 Å². The van der Waals surface area contributed by atoms with Crippen molar-refractivity contribution in [2.24, 2.45) is 5.73 Å². The molecule has 2 heterocycles. The minimum atomic E-state index is -1.18. The van der Waals surface area contributed by atoms with Gasteiger partial charge in [0, 0.05) is 62.7 Å². The van der Waals surface area contributed by atoms with Crippen LogP contribution in [0.2, 0.25) is 0 Å². The first-order chi connectivity index (χ1) is 29.7. The van der Waals surface area contributed by atoms with Gasteiger partial charge in [-0.3, -0.25) is 33.6 Å². The third kappa shape index (κ3) is 16.5. The van der Waals surface area contributed by atoms with E-state index < -0.39 is 59.0 Å². The topological polar surface area (TPSA) is 244 Å². The van der Waals surface area contributed by atoms with Gasteiger partial charge in [0.25, 0.3) is 5.91 Å². The molecule has 18 heteroatoms. The Bertz CT molecular complexity index is 2050. The van der Waals surface area contributed by atoms with Crippen molar-refractivity contribution in [2.45, 2.75) is 129 Å². The molecule has 0 saturated heterocycles. The maximum absolute atomic E-state index is 14.1.